The minimum Gasteiger partial charge on any atom is -0.394 e. The molecule has 0 spiro atoms. The molecule has 1 saturated carbocycles. The lowest BCUT2D eigenvalue weighted by Gasteiger charge is -2.46. The maximum atomic E-state index is 13.2. The molecular weight excluding hydrogens is 256 g/mol. The average Bonchev–Trinajstić information content (AvgIpc) is 2.55. The second kappa shape index (κ2) is 3.84. The zero-order valence-electron chi connectivity index (χ0n) is 9.95. The number of benzene rings is 1. The highest BCUT2D eigenvalue weighted by atomic mass is 19.2. The summed E-state index contributed by atoms with van der Waals surface area (Å²) in [5.41, 5.74) is -1.17. The molecule has 0 radical (unpaired) electrons. The van der Waals surface area contributed by atoms with Gasteiger partial charge in [0.15, 0.2) is 11.6 Å². The standard InChI is InChI=1S/C13H11F2NO3/c14-9-4-7-8(5-10(9)15)12(19)16(11(7)18)13(6-17)2-1-3-13/h4-5,17H,1-3,6H2. The Labute approximate surface area is 107 Å². The van der Waals surface area contributed by atoms with Gasteiger partial charge in [0.1, 0.15) is 0 Å². The van der Waals surface area contributed by atoms with Crippen LogP contribution < -0.4 is 0 Å². The van der Waals surface area contributed by atoms with Crippen molar-refractivity contribution < 1.29 is 23.5 Å². The van der Waals surface area contributed by atoms with Gasteiger partial charge in [-0.25, -0.2) is 8.78 Å². The number of rotatable bonds is 2. The molecule has 1 aromatic carbocycles. The molecule has 2 amide bonds. The molecule has 1 aliphatic carbocycles. The number of amides is 2. The Morgan fingerprint density at radius 3 is 1.89 bits per heavy atom. The summed E-state index contributed by atoms with van der Waals surface area (Å²) in [6, 6.07) is 1.49. The lowest BCUT2D eigenvalue weighted by molar-refractivity contribution is -0.00644. The monoisotopic (exact) mass is 267 g/mol. The fourth-order valence-corrected chi connectivity index (χ4v) is 2.70. The third-order valence-corrected chi connectivity index (χ3v) is 3.98. The number of carbonyl (C=O) groups excluding carboxylic acids is 2. The maximum absolute atomic E-state index is 13.2. The first-order chi connectivity index (χ1) is 9.00. The molecule has 3 rings (SSSR count). The van der Waals surface area contributed by atoms with Crippen LogP contribution in [0.25, 0.3) is 0 Å². The summed E-state index contributed by atoms with van der Waals surface area (Å²) < 4.78 is 26.3. The SMILES string of the molecule is O=C1c2cc(F)c(F)cc2C(=O)N1C1(CO)CCC1. The number of halogens is 2. The van der Waals surface area contributed by atoms with Crippen LogP contribution in [-0.4, -0.2) is 34.0 Å². The summed E-state index contributed by atoms with van der Waals surface area (Å²) in [5.74, 6) is -3.64. The van der Waals surface area contributed by atoms with E-state index in [1.54, 1.807) is 0 Å². The zero-order chi connectivity index (χ0) is 13.8. The predicted octanol–water partition coefficient (Wildman–Crippen LogP) is 1.48. The normalized spacial score (nSPS) is 20.5. The highest BCUT2D eigenvalue weighted by molar-refractivity contribution is 6.22. The molecule has 0 bridgehead atoms. The molecule has 0 unspecified atom stereocenters. The largest absolute Gasteiger partial charge is 0.394 e. The second-order valence-electron chi connectivity index (χ2n) is 4.99. The highest BCUT2D eigenvalue weighted by Gasteiger charge is 2.52. The van der Waals surface area contributed by atoms with Crippen molar-refractivity contribution >= 4 is 11.8 Å². The van der Waals surface area contributed by atoms with Crippen LogP contribution in [0.4, 0.5) is 8.78 Å². The van der Waals surface area contributed by atoms with Crippen LogP contribution in [0, 0.1) is 11.6 Å². The lowest BCUT2D eigenvalue weighted by atomic mass is 9.76. The summed E-state index contributed by atoms with van der Waals surface area (Å²) in [4.78, 5) is 25.3. The highest BCUT2D eigenvalue weighted by Crippen LogP contribution is 2.42. The van der Waals surface area contributed by atoms with E-state index in [-0.39, 0.29) is 17.7 Å². The van der Waals surface area contributed by atoms with Crippen LogP contribution >= 0.6 is 0 Å². The maximum Gasteiger partial charge on any atom is 0.262 e. The van der Waals surface area contributed by atoms with Crippen molar-refractivity contribution in [1.29, 1.82) is 0 Å². The van der Waals surface area contributed by atoms with Crippen LogP contribution in [0.1, 0.15) is 40.0 Å². The number of fused-ring (bicyclic) bond motifs is 1. The Morgan fingerprint density at radius 1 is 1.11 bits per heavy atom. The van der Waals surface area contributed by atoms with E-state index >= 15 is 0 Å². The van der Waals surface area contributed by atoms with Crippen molar-refractivity contribution in [2.75, 3.05) is 6.61 Å². The van der Waals surface area contributed by atoms with Gasteiger partial charge in [-0.1, -0.05) is 0 Å². The van der Waals surface area contributed by atoms with Gasteiger partial charge in [0, 0.05) is 0 Å². The smallest absolute Gasteiger partial charge is 0.262 e. The first-order valence-electron chi connectivity index (χ1n) is 5.99. The molecule has 1 aromatic rings. The van der Waals surface area contributed by atoms with Crippen LogP contribution in [0.3, 0.4) is 0 Å². The second-order valence-corrected chi connectivity index (χ2v) is 4.99. The Kier molecular flexibility index (Phi) is 2.47. The van der Waals surface area contributed by atoms with E-state index in [1.807, 2.05) is 0 Å². The average molecular weight is 267 g/mol. The Morgan fingerprint density at radius 2 is 1.58 bits per heavy atom. The van der Waals surface area contributed by atoms with Crippen molar-refractivity contribution in [3.05, 3.63) is 34.9 Å². The number of aliphatic hydroxyl groups is 1. The van der Waals surface area contributed by atoms with E-state index in [0.717, 1.165) is 23.5 Å². The summed E-state index contributed by atoms with van der Waals surface area (Å²) in [5, 5.41) is 9.43. The van der Waals surface area contributed by atoms with E-state index < -0.39 is 29.0 Å². The molecule has 0 atom stereocenters. The molecule has 1 fully saturated rings. The number of hydrogen-bond donors (Lipinski definition) is 1. The molecule has 4 nitrogen and oxygen atoms in total. The van der Waals surface area contributed by atoms with Gasteiger partial charge in [0.05, 0.1) is 23.3 Å². The number of imide groups is 1. The molecule has 6 heteroatoms. The van der Waals surface area contributed by atoms with Gasteiger partial charge in [0.2, 0.25) is 0 Å². The number of aliphatic hydroxyl groups excluding tert-OH is 1. The van der Waals surface area contributed by atoms with Gasteiger partial charge < -0.3 is 5.11 Å². The molecule has 1 N–H and O–H groups in total. The van der Waals surface area contributed by atoms with E-state index in [9.17, 15) is 23.5 Å². The van der Waals surface area contributed by atoms with Crippen LogP contribution in [0.2, 0.25) is 0 Å². The molecule has 19 heavy (non-hydrogen) atoms. The van der Waals surface area contributed by atoms with E-state index in [0.29, 0.717) is 12.8 Å². The van der Waals surface area contributed by atoms with Crippen LogP contribution in [0.15, 0.2) is 12.1 Å². The molecular formula is C13H11F2NO3. The quantitative estimate of drug-likeness (QED) is 0.826. The Balaban J connectivity index is 2.09. The van der Waals surface area contributed by atoms with E-state index in [4.69, 9.17) is 0 Å². The van der Waals surface area contributed by atoms with Gasteiger partial charge in [0.25, 0.3) is 11.8 Å². The van der Waals surface area contributed by atoms with Gasteiger partial charge in [-0.2, -0.15) is 0 Å². The van der Waals surface area contributed by atoms with Crippen molar-refractivity contribution in [3.63, 3.8) is 0 Å². The summed E-state index contributed by atoms with van der Waals surface area (Å²) >= 11 is 0. The first-order valence-corrected chi connectivity index (χ1v) is 5.99. The summed E-state index contributed by atoms with van der Waals surface area (Å²) in [7, 11) is 0. The van der Waals surface area contributed by atoms with Gasteiger partial charge in [-0.3, -0.25) is 14.5 Å². The molecule has 2 aliphatic rings. The van der Waals surface area contributed by atoms with E-state index in [2.05, 4.69) is 0 Å². The molecule has 1 aliphatic heterocycles. The predicted molar refractivity (Wildman–Crippen MR) is 60.5 cm³/mol. The fourth-order valence-electron chi connectivity index (χ4n) is 2.70. The fraction of sp³-hybridized carbons (Fsp3) is 0.385. The summed E-state index contributed by atoms with van der Waals surface area (Å²) in [6.07, 6.45) is 1.83. The Hall–Kier alpha value is -1.82. The topological polar surface area (TPSA) is 57.6 Å². The zero-order valence-corrected chi connectivity index (χ0v) is 9.95. The third kappa shape index (κ3) is 1.46. The van der Waals surface area contributed by atoms with Gasteiger partial charge in [-0.05, 0) is 31.4 Å². The number of nitrogens with zero attached hydrogens (tertiary/aromatic N) is 1. The molecule has 0 saturated heterocycles. The minimum absolute atomic E-state index is 0.136. The number of hydrogen-bond acceptors (Lipinski definition) is 3. The lowest BCUT2D eigenvalue weighted by Crippen LogP contribution is -2.58. The minimum atomic E-state index is -1.16. The molecule has 100 valence electrons. The molecule has 0 aromatic heterocycles. The van der Waals surface area contributed by atoms with Crippen molar-refractivity contribution in [3.8, 4) is 0 Å². The van der Waals surface area contributed by atoms with Gasteiger partial charge in [-0.15, -0.1) is 0 Å². The molecule has 1 heterocycles. The first kappa shape index (κ1) is 12.2. The van der Waals surface area contributed by atoms with Crippen LogP contribution in [0.5, 0.6) is 0 Å². The van der Waals surface area contributed by atoms with Crippen molar-refractivity contribution in [2.45, 2.75) is 24.8 Å². The summed E-state index contributed by atoms with van der Waals surface area (Å²) in [6.45, 7) is -0.330. The van der Waals surface area contributed by atoms with E-state index in [1.165, 1.54) is 0 Å². The van der Waals surface area contributed by atoms with Crippen molar-refractivity contribution in [2.24, 2.45) is 0 Å². The Bertz CT molecular complexity index is 549. The van der Waals surface area contributed by atoms with Crippen LogP contribution in [-0.2, 0) is 0 Å². The third-order valence-electron chi connectivity index (χ3n) is 3.98. The van der Waals surface area contributed by atoms with Gasteiger partial charge >= 0.3 is 0 Å². The van der Waals surface area contributed by atoms with Crippen molar-refractivity contribution in [1.82, 2.24) is 4.90 Å². The number of carbonyl (C=O) groups is 2.